The molecule has 2 N–H and O–H groups in total. The van der Waals surface area contributed by atoms with E-state index in [1.54, 1.807) is 0 Å². The van der Waals surface area contributed by atoms with E-state index in [0.717, 1.165) is 32.0 Å². The molecule has 6 heteroatoms. The second-order valence-electron chi connectivity index (χ2n) is 4.08. The maximum absolute atomic E-state index is 13.4. The lowest BCUT2D eigenvalue weighted by Gasteiger charge is -2.23. The van der Waals surface area contributed by atoms with Gasteiger partial charge in [0.05, 0.1) is 0 Å². The van der Waals surface area contributed by atoms with Gasteiger partial charge in [0.1, 0.15) is 10.7 Å². The van der Waals surface area contributed by atoms with Crippen LogP contribution in [0.15, 0.2) is 29.2 Å². The summed E-state index contributed by atoms with van der Waals surface area (Å²) in [6, 6.07) is 5.30. The minimum atomic E-state index is -3.74. The van der Waals surface area contributed by atoms with Crippen LogP contribution in [0.2, 0.25) is 0 Å². The summed E-state index contributed by atoms with van der Waals surface area (Å²) < 4.78 is 39.9. The van der Waals surface area contributed by atoms with Gasteiger partial charge in [-0.2, -0.15) is 0 Å². The number of rotatable bonds is 3. The molecule has 94 valence electrons. The Morgan fingerprint density at radius 2 is 1.88 bits per heavy atom. The Kier molecular flexibility index (Phi) is 3.76. The van der Waals surface area contributed by atoms with E-state index < -0.39 is 15.8 Å². The molecule has 1 fully saturated rings. The predicted octanol–water partition coefficient (Wildman–Crippen LogP) is 0.856. The number of piperidine rings is 1. The fraction of sp³-hybridized carbons (Fsp3) is 0.455. The summed E-state index contributed by atoms with van der Waals surface area (Å²) in [6.45, 7) is 1.56. The third kappa shape index (κ3) is 3.02. The van der Waals surface area contributed by atoms with Crippen molar-refractivity contribution in [1.82, 2.24) is 10.0 Å². The molecule has 0 atom stereocenters. The molecular weight excluding hydrogens is 243 g/mol. The highest BCUT2D eigenvalue weighted by Gasteiger charge is 2.23. The van der Waals surface area contributed by atoms with Crippen LogP contribution >= 0.6 is 0 Å². The monoisotopic (exact) mass is 258 g/mol. The third-order valence-corrected chi connectivity index (χ3v) is 4.34. The molecule has 0 unspecified atom stereocenters. The summed E-state index contributed by atoms with van der Waals surface area (Å²) in [7, 11) is -3.74. The molecule has 2 rings (SSSR count). The highest BCUT2D eigenvalue weighted by Crippen LogP contribution is 2.15. The Labute approximate surface area is 100 Å². The maximum atomic E-state index is 13.4. The highest BCUT2D eigenvalue weighted by atomic mass is 32.2. The van der Waals surface area contributed by atoms with E-state index in [0.29, 0.717) is 0 Å². The van der Waals surface area contributed by atoms with E-state index in [9.17, 15) is 12.8 Å². The number of nitrogens with one attached hydrogen (secondary N) is 2. The van der Waals surface area contributed by atoms with Gasteiger partial charge in [0.15, 0.2) is 0 Å². The Hall–Kier alpha value is -0.980. The molecule has 0 radical (unpaired) electrons. The average molecular weight is 258 g/mol. The van der Waals surface area contributed by atoms with Gasteiger partial charge in [-0.15, -0.1) is 0 Å². The summed E-state index contributed by atoms with van der Waals surface area (Å²) in [6.07, 6.45) is 1.46. The lowest BCUT2D eigenvalue weighted by atomic mass is 10.1. The number of sulfonamides is 1. The molecular formula is C11H15FN2O2S. The number of hydrogen-bond donors (Lipinski definition) is 2. The molecule has 0 bridgehead atoms. The van der Waals surface area contributed by atoms with Crippen molar-refractivity contribution in [2.75, 3.05) is 13.1 Å². The molecule has 1 heterocycles. The topological polar surface area (TPSA) is 58.2 Å². The van der Waals surface area contributed by atoms with E-state index in [1.807, 2.05) is 0 Å². The third-order valence-electron chi connectivity index (χ3n) is 2.79. The average Bonchev–Trinajstić information content (AvgIpc) is 2.30. The number of halogens is 1. The quantitative estimate of drug-likeness (QED) is 0.845. The smallest absolute Gasteiger partial charge is 0.243 e. The van der Waals surface area contributed by atoms with E-state index in [-0.39, 0.29) is 10.9 Å². The van der Waals surface area contributed by atoms with Crippen molar-refractivity contribution in [3.8, 4) is 0 Å². The molecule has 1 aliphatic rings. The van der Waals surface area contributed by atoms with Crippen molar-refractivity contribution in [2.45, 2.75) is 23.8 Å². The fourth-order valence-electron chi connectivity index (χ4n) is 1.89. The van der Waals surface area contributed by atoms with Gasteiger partial charge < -0.3 is 5.32 Å². The predicted molar refractivity (Wildman–Crippen MR) is 62.6 cm³/mol. The van der Waals surface area contributed by atoms with Gasteiger partial charge in [0.2, 0.25) is 10.0 Å². The largest absolute Gasteiger partial charge is 0.317 e. The second kappa shape index (κ2) is 5.12. The second-order valence-corrected chi connectivity index (χ2v) is 5.76. The van der Waals surface area contributed by atoms with E-state index in [2.05, 4.69) is 10.0 Å². The minimum Gasteiger partial charge on any atom is -0.317 e. The van der Waals surface area contributed by atoms with Crippen molar-refractivity contribution in [3.63, 3.8) is 0 Å². The number of benzene rings is 1. The molecule has 0 aromatic heterocycles. The van der Waals surface area contributed by atoms with Crippen LogP contribution in [0, 0.1) is 5.82 Å². The van der Waals surface area contributed by atoms with Crippen molar-refractivity contribution in [3.05, 3.63) is 30.1 Å². The van der Waals surface area contributed by atoms with Crippen LogP contribution in [0.25, 0.3) is 0 Å². The Morgan fingerprint density at radius 1 is 1.24 bits per heavy atom. The Bertz CT molecular complexity index is 484. The van der Waals surface area contributed by atoms with Crippen molar-refractivity contribution < 1.29 is 12.8 Å². The van der Waals surface area contributed by atoms with E-state index in [1.165, 1.54) is 18.2 Å². The van der Waals surface area contributed by atoms with Crippen LogP contribution < -0.4 is 10.0 Å². The molecule has 0 saturated carbocycles. The van der Waals surface area contributed by atoms with Gasteiger partial charge >= 0.3 is 0 Å². The highest BCUT2D eigenvalue weighted by molar-refractivity contribution is 7.89. The first-order valence-electron chi connectivity index (χ1n) is 5.57. The summed E-state index contributed by atoms with van der Waals surface area (Å²) in [5.74, 6) is -0.714. The molecule has 0 amide bonds. The van der Waals surface area contributed by atoms with Gasteiger partial charge in [-0.05, 0) is 38.1 Å². The van der Waals surface area contributed by atoms with Crippen LogP contribution in [0.4, 0.5) is 4.39 Å². The van der Waals surface area contributed by atoms with Gasteiger partial charge in [-0.1, -0.05) is 12.1 Å². The SMILES string of the molecule is O=S(=O)(NC1CCNCC1)c1ccccc1F. The summed E-state index contributed by atoms with van der Waals surface area (Å²) in [4.78, 5) is -0.279. The first kappa shape index (κ1) is 12.5. The van der Waals surface area contributed by atoms with Gasteiger partial charge in [-0.3, -0.25) is 0 Å². The standard InChI is InChI=1S/C11H15FN2O2S/c12-10-3-1-2-4-11(10)17(15,16)14-9-5-7-13-8-6-9/h1-4,9,13-14H,5-8H2. The maximum Gasteiger partial charge on any atom is 0.243 e. The Morgan fingerprint density at radius 3 is 2.53 bits per heavy atom. The molecule has 0 aliphatic carbocycles. The molecule has 4 nitrogen and oxygen atoms in total. The van der Waals surface area contributed by atoms with Crippen LogP contribution in [-0.4, -0.2) is 27.5 Å². The van der Waals surface area contributed by atoms with Gasteiger partial charge in [-0.25, -0.2) is 17.5 Å². The van der Waals surface area contributed by atoms with Crippen molar-refractivity contribution >= 4 is 10.0 Å². The van der Waals surface area contributed by atoms with Crippen molar-refractivity contribution in [2.24, 2.45) is 0 Å². The number of hydrogen-bond acceptors (Lipinski definition) is 3. The zero-order valence-corrected chi connectivity index (χ0v) is 10.1. The normalized spacial score (nSPS) is 18.2. The van der Waals surface area contributed by atoms with E-state index in [4.69, 9.17) is 0 Å². The zero-order valence-electron chi connectivity index (χ0n) is 9.32. The molecule has 1 aromatic carbocycles. The van der Waals surface area contributed by atoms with Crippen LogP contribution in [0.3, 0.4) is 0 Å². The summed E-state index contributed by atoms with van der Waals surface area (Å²) in [5.41, 5.74) is 0. The lowest BCUT2D eigenvalue weighted by Crippen LogP contribution is -2.42. The zero-order chi connectivity index (χ0) is 12.3. The fourth-order valence-corrected chi connectivity index (χ4v) is 3.27. The molecule has 17 heavy (non-hydrogen) atoms. The van der Waals surface area contributed by atoms with Gasteiger partial charge in [0, 0.05) is 6.04 Å². The molecule has 0 spiro atoms. The van der Waals surface area contributed by atoms with Crippen molar-refractivity contribution in [1.29, 1.82) is 0 Å². The first-order chi connectivity index (χ1) is 8.09. The van der Waals surface area contributed by atoms with Crippen LogP contribution in [-0.2, 0) is 10.0 Å². The molecule has 1 aliphatic heterocycles. The molecule has 1 aromatic rings. The van der Waals surface area contributed by atoms with Crippen LogP contribution in [0.1, 0.15) is 12.8 Å². The molecule has 1 saturated heterocycles. The Balaban J connectivity index is 2.16. The lowest BCUT2D eigenvalue weighted by molar-refractivity contribution is 0.426. The van der Waals surface area contributed by atoms with Gasteiger partial charge in [0.25, 0.3) is 0 Å². The first-order valence-corrected chi connectivity index (χ1v) is 7.05. The summed E-state index contributed by atoms with van der Waals surface area (Å²) in [5, 5.41) is 3.14. The van der Waals surface area contributed by atoms with E-state index >= 15 is 0 Å². The minimum absolute atomic E-state index is 0.110. The summed E-state index contributed by atoms with van der Waals surface area (Å²) >= 11 is 0. The van der Waals surface area contributed by atoms with Crippen LogP contribution in [0.5, 0.6) is 0 Å².